The Labute approximate surface area is 164 Å². The molecule has 2 aromatic rings. The summed E-state index contributed by atoms with van der Waals surface area (Å²) in [6, 6.07) is 4.05. The average molecular weight is 389 g/mol. The van der Waals surface area contributed by atoms with Crippen LogP contribution >= 0.6 is 0 Å². The van der Waals surface area contributed by atoms with Crippen molar-refractivity contribution in [3.63, 3.8) is 0 Å². The van der Waals surface area contributed by atoms with E-state index in [1.54, 1.807) is 14.2 Å². The second-order valence-electron chi connectivity index (χ2n) is 7.08. The van der Waals surface area contributed by atoms with Crippen molar-refractivity contribution in [1.82, 2.24) is 15.0 Å². The van der Waals surface area contributed by atoms with Crippen molar-refractivity contribution in [3.05, 3.63) is 29.4 Å². The van der Waals surface area contributed by atoms with Gasteiger partial charge in [0, 0.05) is 31.7 Å². The summed E-state index contributed by atoms with van der Waals surface area (Å²) in [4.78, 5) is 6.98. The van der Waals surface area contributed by atoms with Crippen molar-refractivity contribution in [1.29, 1.82) is 0 Å². The molecule has 28 heavy (non-hydrogen) atoms. The number of benzene rings is 1. The first-order chi connectivity index (χ1) is 13.8. The molecule has 1 atom stereocenters. The van der Waals surface area contributed by atoms with Crippen LogP contribution in [0.2, 0.25) is 0 Å². The zero-order valence-electron chi connectivity index (χ0n) is 16.5. The number of hydrogen-bond acceptors (Lipinski definition) is 8. The van der Waals surface area contributed by atoms with E-state index in [1.165, 1.54) is 0 Å². The van der Waals surface area contributed by atoms with Gasteiger partial charge in [0.15, 0.2) is 17.3 Å². The highest BCUT2D eigenvalue weighted by atomic mass is 16.6. The van der Waals surface area contributed by atoms with Gasteiger partial charge in [0.05, 0.1) is 19.8 Å². The van der Waals surface area contributed by atoms with Crippen molar-refractivity contribution in [3.8, 4) is 17.2 Å². The highest BCUT2D eigenvalue weighted by molar-refractivity contribution is 5.51. The van der Waals surface area contributed by atoms with E-state index >= 15 is 0 Å². The van der Waals surface area contributed by atoms with Gasteiger partial charge >= 0.3 is 0 Å². The minimum atomic E-state index is 0.107. The van der Waals surface area contributed by atoms with Gasteiger partial charge < -0.3 is 23.5 Å². The molecule has 0 saturated carbocycles. The summed E-state index contributed by atoms with van der Waals surface area (Å²) >= 11 is 0. The van der Waals surface area contributed by atoms with Crippen LogP contribution in [0.4, 0.5) is 0 Å². The number of likely N-dealkylation sites (tertiary alicyclic amines) is 1. The van der Waals surface area contributed by atoms with E-state index in [0.29, 0.717) is 38.0 Å². The highest BCUT2D eigenvalue weighted by Crippen LogP contribution is 2.39. The van der Waals surface area contributed by atoms with E-state index in [9.17, 15) is 0 Å². The molecule has 0 N–H and O–H groups in total. The van der Waals surface area contributed by atoms with Crippen molar-refractivity contribution < 1.29 is 23.5 Å². The molecule has 0 spiro atoms. The predicted molar refractivity (Wildman–Crippen MR) is 101 cm³/mol. The third kappa shape index (κ3) is 4.07. The molecular formula is C20H27N3O5. The van der Waals surface area contributed by atoms with Crippen LogP contribution in [0.3, 0.4) is 0 Å². The van der Waals surface area contributed by atoms with Crippen LogP contribution in [0.5, 0.6) is 17.2 Å². The van der Waals surface area contributed by atoms with Crippen molar-refractivity contribution in [2.24, 2.45) is 0 Å². The number of methoxy groups -OCH3 is 2. The fourth-order valence-electron chi connectivity index (χ4n) is 3.80. The lowest BCUT2D eigenvalue weighted by Crippen LogP contribution is -2.33. The normalized spacial score (nSPS) is 19.6. The molecule has 2 aliphatic heterocycles. The van der Waals surface area contributed by atoms with E-state index < -0.39 is 0 Å². The fourth-order valence-corrected chi connectivity index (χ4v) is 3.80. The Kier molecular flexibility index (Phi) is 5.97. The average Bonchev–Trinajstić information content (AvgIpc) is 3.21. The number of nitrogens with zero attached hydrogens (tertiary/aromatic N) is 3. The molecule has 3 heterocycles. The molecule has 4 rings (SSSR count). The summed E-state index contributed by atoms with van der Waals surface area (Å²) in [5, 5.41) is 4.11. The Hall–Kier alpha value is -2.32. The topological polar surface area (TPSA) is 79.1 Å². The number of rotatable bonds is 7. The van der Waals surface area contributed by atoms with Gasteiger partial charge in [0.2, 0.25) is 5.89 Å². The van der Waals surface area contributed by atoms with Crippen LogP contribution in [0, 0.1) is 0 Å². The largest absolute Gasteiger partial charge is 0.496 e. The van der Waals surface area contributed by atoms with Crippen LogP contribution in [0.25, 0.3) is 0 Å². The fraction of sp³-hybridized carbons (Fsp3) is 0.600. The summed E-state index contributed by atoms with van der Waals surface area (Å²) in [5.74, 6) is 3.69. The SMILES string of the molecule is COCCc1noc(C2CCCCN2Cc2cc3c(cc2OC)OCCO3)n1. The molecule has 0 amide bonds. The standard InChI is InChI=1S/C20H27N3O5/c1-24-8-6-19-21-20(28-22-19)15-5-3-4-7-23(15)13-14-11-17-18(12-16(14)25-2)27-10-9-26-17/h11-12,15H,3-10,13H2,1-2H3. The second kappa shape index (κ2) is 8.79. The van der Waals surface area contributed by atoms with E-state index in [2.05, 4.69) is 15.0 Å². The monoisotopic (exact) mass is 389 g/mol. The van der Waals surface area contributed by atoms with E-state index in [0.717, 1.165) is 55.2 Å². The summed E-state index contributed by atoms with van der Waals surface area (Å²) in [6.45, 7) is 3.41. The van der Waals surface area contributed by atoms with Gasteiger partial charge in [-0.3, -0.25) is 4.90 Å². The van der Waals surface area contributed by atoms with Gasteiger partial charge in [-0.25, -0.2) is 0 Å². The molecule has 1 aromatic heterocycles. The molecule has 8 heteroatoms. The Morgan fingerprint density at radius 3 is 2.75 bits per heavy atom. The van der Waals surface area contributed by atoms with Crippen LogP contribution in [-0.2, 0) is 17.7 Å². The van der Waals surface area contributed by atoms with Gasteiger partial charge in [-0.15, -0.1) is 0 Å². The number of hydrogen-bond donors (Lipinski definition) is 0. The number of aromatic nitrogens is 2. The van der Waals surface area contributed by atoms with Crippen molar-refractivity contribution >= 4 is 0 Å². The van der Waals surface area contributed by atoms with Crippen LogP contribution in [0.15, 0.2) is 16.7 Å². The molecule has 1 unspecified atom stereocenters. The van der Waals surface area contributed by atoms with Gasteiger partial charge in [-0.05, 0) is 25.5 Å². The number of ether oxygens (including phenoxy) is 4. The first-order valence-corrected chi connectivity index (χ1v) is 9.80. The quantitative estimate of drug-likeness (QED) is 0.715. The Balaban J connectivity index is 1.54. The lowest BCUT2D eigenvalue weighted by Gasteiger charge is -2.34. The van der Waals surface area contributed by atoms with Crippen molar-refractivity contribution in [2.75, 3.05) is 40.6 Å². The maximum atomic E-state index is 5.75. The molecule has 0 aliphatic carbocycles. The maximum absolute atomic E-state index is 5.75. The zero-order chi connectivity index (χ0) is 19.3. The third-order valence-corrected chi connectivity index (χ3v) is 5.23. The second-order valence-corrected chi connectivity index (χ2v) is 7.08. The molecule has 2 aliphatic rings. The van der Waals surface area contributed by atoms with Crippen LogP contribution in [0.1, 0.15) is 42.6 Å². The van der Waals surface area contributed by atoms with Crippen LogP contribution in [-0.4, -0.2) is 55.6 Å². The molecule has 152 valence electrons. The molecule has 0 bridgehead atoms. The zero-order valence-corrected chi connectivity index (χ0v) is 16.5. The Morgan fingerprint density at radius 1 is 1.14 bits per heavy atom. The van der Waals surface area contributed by atoms with E-state index in [-0.39, 0.29) is 6.04 Å². The first-order valence-electron chi connectivity index (χ1n) is 9.80. The third-order valence-electron chi connectivity index (χ3n) is 5.23. The summed E-state index contributed by atoms with van der Waals surface area (Å²) < 4.78 is 27.7. The maximum Gasteiger partial charge on any atom is 0.244 e. The van der Waals surface area contributed by atoms with Gasteiger partial charge in [-0.1, -0.05) is 11.6 Å². The van der Waals surface area contributed by atoms with Crippen molar-refractivity contribution in [2.45, 2.75) is 38.3 Å². The number of piperidine rings is 1. The van der Waals surface area contributed by atoms with Gasteiger partial charge in [0.1, 0.15) is 19.0 Å². The smallest absolute Gasteiger partial charge is 0.244 e. The summed E-state index contributed by atoms with van der Waals surface area (Å²) in [6.07, 6.45) is 3.95. The Bertz CT molecular complexity index is 794. The van der Waals surface area contributed by atoms with Crippen LogP contribution < -0.4 is 14.2 Å². The predicted octanol–water partition coefficient (Wildman–Crippen LogP) is 2.77. The summed E-state index contributed by atoms with van der Waals surface area (Å²) in [7, 11) is 3.35. The molecule has 1 saturated heterocycles. The highest BCUT2D eigenvalue weighted by Gasteiger charge is 2.30. The lowest BCUT2D eigenvalue weighted by molar-refractivity contribution is 0.110. The molecule has 8 nitrogen and oxygen atoms in total. The van der Waals surface area contributed by atoms with E-state index in [4.69, 9.17) is 23.5 Å². The van der Waals surface area contributed by atoms with Gasteiger partial charge in [-0.2, -0.15) is 4.98 Å². The molecule has 1 aromatic carbocycles. The Morgan fingerprint density at radius 2 is 1.96 bits per heavy atom. The number of fused-ring (bicyclic) bond motifs is 1. The minimum Gasteiger partial charge on any atom is -0.496 e. The first kappa shape index (κ1) is 19.0. The molecular weight excluding hydrogens is 362 g/mol. The molecule has 0 radical (unpaired) electrons. The van der Waals surface area contributed by atoms with E-state index in [1.807, 2.05) is 12.1 Å². The molecule has 1 fully saturated rings. The lowest BCUT2D eigenvalue weighted by atomic mass is 10.0. The summed E-state index contributed by atoms with van der Waals surface area (Å²) in [5.41, 5.74) is 1.07. The van der Waals surface area contributed by atoms with Gasteiger partial charge in [0.25, 0.3) is 0 Å². The minimum absolute atomic E-state index is 0.107.